The van der Waals surface area contributed by atoms with Crippen molar-refractivity contribution in [1.82, 2.24) is 10.6 Å². The molecule has 2 aliphatic rings. The van der Waals surface area contributed by atoms with Crippen LogP contribution in [0.2, 0.25) is 0 Å². The predicted octanol–water partition coefficient (Wildman–Crippen LogP) is 1.70. The van der Waals surface area contributed by atoms with E-state index in [9.17, 15) is 4.79 Å². The Morgan fingerprint density at radius 3 is 2.74 bits per heavy atom. The van der Waals surface area contributed by atoms with Crippen molar-refractivity contribution in [2.24, 2.45) is 11.3 Å². The first-order valence-electron chi connectivity index (χ1n) is 7.82. The molecule has 2 rings (SSSR count). The third kappa shape index (κ3) is 3.29. The smallest absolute Gasteiger partial charge is 0.226 e. The minimum absolute atomic E-state index is 0.133. The third-order valence-corrected chi connectivity index (χ3v) is 4.99. The second-order valence-corrected chi connectivity index (χ2v) is 5.96. The summed E-state index contributed by atoms with van der Waals surface area (Å²) in [5.74, 6) is 0.767. The lowest BCUT2D eigenvalue weighted by Crippen LogP contribution is -2.48. The molecule has 2 heterocycles. The zero-order valence-electron chi connectivity index (χ0n) is 12.3. The molecule has 0 aromatic rings. The number of carbonyl (C=O) groups is 1. The summed E-state index contributed by atoms with van der Waals surface area (Å²) in [5, 5.41) is 6.55. The predicted molar refractivity (Wildman–Crippen MR) is 76.0 cm³/mol. The Morgan fingerprint density at radius 1 is 1.37 bits per heavy atom. The molecule has 0 aliphatic carbocycles. The lowest BCUT2D eigenvalue weighted by Gasteiger charge is -2.35. The van der Waals surface area contributed by atoms with Crippen LogP contribution in [0.3, 0.4) is 0 Å². The van der Waals surface area contributed by atoms with Gasteiger partial charge in [-0.2, -0.15) is 0 Å². The second kappa shape index (κ2) is 6.71. The monoisotopic (exact) mass is 268 g/mol. The van der Waals surface area contributed by atoms with Gasteiger partial charge in [0.15, 0.2) is 0 Å². The van der Waals surface area contributed by atoms with Gasteiger partial charge in [0.1, 0.15) is 0 Å². The van der Waals surface area contributed by atoms with Crippen molar-refractivity contribution in [3.63, 3.8) is 0 Å². The molecule has 2 unspecified atom stereocenters. The number of amides is 1. The van der Waals surface area contributed by atoms with Gasteiger partial charge in [0.2, 0.25) is 5.91 Å². The highest BCUT2D eigenvalue weighted by Gasteiger charge is 2.38. The molecule has 2 atom stereocenters. The first-order valence-corrected chi connectivity index (χ1v) is 7.82. The lowest BCUT2D eigenvalue weighted by molar-refractivity contribution is -0.133. The summed E-state index contributed by atoms with van der Waals surface area (Å²) in [5.41, 5.74) is -0.133. The minimum atomic E-state index is -0.133. The summed E-state index contributed by atoms with van der Waals surface area (Å²) in [4.78, 5) is 12.5. The highest BCUT2D eigenvalue weighted by molar-refractivity contribution is 5.82. The molecule has 2 saturated heterocycles. The van der Waals surface area contributed by atoms with Crippen molar-refractivity contribution in [3.05, 3.63) is 0 Å². The normalized spacial score (nSPS) is 30.2. The molecule has 0 radical (unpaired) electrons. The highest BCUT2D eigenvalue weighted by Crippen LogP contribution is 2.33. The first-order chi connectivity index (χ1) is 9.22. The zero-order valence-corrected chi connectivity index (χ0v) is 12.3. The second-order valence-electron chi connectivity index (χ2n) is 5.96. The number of rotatable bonds is 5. The van der Waals surface area contributed by atoms with Crippen molar-refractivity contribution in [1.29, 1.82) is 0 Å². The van der Waals surface area contributed by atoms with Crippen LogP contribution < -0.4 is 10.6 Å². The number of nitrogens with one attached hydrogen (secondary N) is 2. The molecule has 2 fully saturated rings. The van der Waals surface area contributed by atoms with Crippen LogP contribution >= 0.6 is 0 Å². The van der Waals surface area contributed by atoms with Crippen molar-refractivity contribution in [2.45, 2.75) is 52.1 Å². The number of hydrogen-bond donors (Lipinski definition) is 2. The van der Waals surface area contributed by atoms with Gasteiger partial charge >= 0.3 is 0 Å². The Kier molecular flexibility index (Phi) is 5.22. The average molecular weight is 268 g/mol. The van der Waals surface area contributed by atoms with E-state index in [1.54, 1.807) is 0 Å². The summed E-state index contributed by atoms with van der Waals surface area (Å²) >= 11 is 0. The van der Waals surface area contributed by atoms with Gasteiger partial charge in [0, 0.05) is 19.1 Å². The minimum Gasteiger partial charge on any atom is -0.378 e. The van der Waals surface area contributed by atoms with E-state index in [4.69, 9.17) is 4.74 Å². The first kappa shape index (κ1) is 14.8. The molecular weight excluding hydrogens is 240 g/mol. The number of carbonyl (C=O) groups excluding carboxylic acids is 1. The van der Waals surface area contributed by atoms with E-state index in [1.807, 2.05) is 0 Å². The summed E-state index contributed by atoms with van der Waals surface area (Å²) < 4.78 is 5.68. The molecule has 110 valence electrons. The largest absolute Gasteiger partial charge is 0.378 e. The molecule has 2 aliphatic heterocycles. The number of ether oxygens (including phenoxy) is 1. The van der Waals surface area contributed by atoms with Gasteiger partial charge in [-0.05, 0) is 45.2 Å². The van der Waals surface area contributed by atoms with Gasteiger partial charge in [-0.15, -0.1) is 0 Å². The van der Waals surface area contributed by atoms with Crippen LogP contribution in [0.1, 0.15) is 46.0 Å². The van der Waals surface area contributed by atoms with Crippen LogP contribution in [0, 0.1) is 11.3 Å². The van der Waals surface area contributed by atoms with E-state index in [0.717, 1.165) is 58.3 Å². The molecule has 1 amide bonds. The van der Waals surface area contributed by atoms with Gasteiger partial charge in [-0.1, -0.05) is 13.8 Å². The average Bonchev–Trinajstić information content (AvgIpc) is 2.92. The molecule has 19 heavy (non-hydrogen) atoms. The van der Waals surface area contributed by atoms with E-state index >= 15 is 0 Å². The van der Waals surface area contributed by atoms with Gasteiger partial charge in [0.25, 0.3) is 0 Å². The Bertz CT molecular complexity index is 301. The van der Waals surface area contributed by atoms with Gasteiger partial charge in [-0.25, -0.2) is 0 Å². The SMILES string of the molecule is CCC1OCCC1CNC(=O)C1(CC)CCNCC1. The maximum atomic E-state index is 12.5. The molecule has 0 aromatic carbocycles. The Labute approximate surface area is 116 Å². The summed E-state index contributed by atoms with van der Waals surface area (Å²) in [6.45, 7) is 7.86. The third-order valence-electron chi connectivity index (χ3n) is 4.99. The summed E-state index contributed by atoms with van der Waals surface area (Å²) in [6, 6.07) is 0. The van der Waals surface area contributed by atoms with Crippen molar-refractivity contribution >= 4 is 5.91 Å². The lowest BCUT2D eigenvalue weighted by atomic mass is 9.75. The van der Waals surface area contributed by atoms with E-state index in [0.29, 0.717) is 12.0 Å². The van der Waals surface area contributed by atoms with Crippen LogP contribution in [0.25, 0.3) is 0 Å². The number of hydrogen-bond acceptors (Lipinski definition) is 3. The van der Waals surface area contributed by atoms with Crippen LogP contribution in [-0.2, 0) is 9.53 Å². The van der Waals surface area contributed by atoms with Gasteiger partial charge in [0.05, 0.1) is 11.5 Å². The van der Waals surface area contributed by atoms with Crippen molar-refractivity contribution in [2.75, 3.05) is 26.2 Å². The quantitative estimate of drug-likeness (QED) is 0.798. The van der Waals surface area contributed by atoms with Crippen molar-refractivity contribution in [3.8, 4) is 0 Å². The van der Waals surface area contributed by atoms with Crippen molar-refractivity contribution < 1.29 is 9.53 Å². The van der Waals surface area contributed by atoms with E-state index in [1.165, 1.54) is 0 Å². The van der Waals surface area contributed by atoms with Crippen LogP contribution in [0.4, 0.5) is 0 Å². The van der Waals surface area contributed by atoms with Crippen LogP contribution in [0.15, 0.2) is 0 Å². The van der Waals surface area contributed by atoms with E-state index < -0.39 is 0 Å². The molecule has 0 saturated carbocycles. The topological polar surface area (TPSA) is 50.4 Å². The molecular formula is C15H28N2O2. The van der Waals surface area contributed by atoms with E-state index in [-0.39, 0.29) is 11.3 Å². The van der Waals surface area contributed by atoms with Crippen LogP contribution in [-0.4, -0.2) is 38.3 Å². The Balaban J connectivity index is 1.85. The maximum absolute atomic E-state index is 12.5. The Hall–Kier alpha value is -0.610. The molecule has 0 aromatic heterocycles. The molecule has 2 N–H and O–H groups in total. The van der Waals surface area contributed by atoms with Gasteiger partial charge < -0.3 is 15.4 Å². The zero-order chi connectivity index (χ0) is 13.7. The fourth-order valence-corrected chi connectivity index (χ4v) is 3.44. The standard InChI is InChI=1S/C15H28N2O2/c1-3-13-12(5-10-19-13)11-17-14(18)15(4-2)6-8-16-9-7-15/h12-13,16H,3-11H2,1-2H3,(H,17,18). The Morgan fingerprint density at radius 2 is 2.11 bits per heavy atom. The van der Waals surface area contributed by atoms with E-state index in [2.05, 4.69) is 24.5 Å². The summed E-state index contributed by atoms with van der Waals surface area (Å²) in [6.07, 6.45) is 5.34. The molecule has 0 bridgehead atoms. The molecule has 4 heteroatoms. The van der Waals surface area contributed by atoms with Gasteiger partial charge in [-0.3, -0.25) is 4.79 Å². The molecule has 0 spiro atoms. The number of piperidine rings is 1. The fourth-order valence-electron chi connectivity index (χ4n) is 3.44. The van der Waals surface area contributed by atoms with Crippen LogP contribution in [0.5, 0.6) is 0 Å². The summed E-state index contributed by atoms with van der Waals surface area (Å²) in [7, 11) is 0. The maximum Gasteiger partial charge on any atom is 0.226 e. The highest BCUT2D eigenvalue weighted by atomic mass is 16.5. The molecule has 4 nitrogen and oxygen atoms in total. The fraction of sp³-hybridized carbons (Fsp3) is 0.933.